The second-order valence-electron chi connectivity index (χ2n) is 8.02. The second-order valence-corrected chi connectivity index (χ2v) is 10.2. The van der Waals surface area contributed by atoms with Gasteiger partial charge < -0.3 is 14.2 Å². The average molecular weight is 415 g/mol. The fraction of sp³-hybridized carbons (Fsp3) is 0.476. The molecule has 0 bridgehead atoms. The molecule has 3 heterocycles. The van der Waals surface area contributed by atoms with Crippen LogP contribution in [0.3, 0.4) is 0 Å². The van der Waals surface area contributed by atoms with Gasteiger partial charge in [-0.2, -0.15) is 4.31 Å². The Bertz CT molecular complexity index is 1210. The molecular weight excluding hydrogens is 388 g/mol. The lowest BCUT2D eigenvalue weighted by Gasteiger charge is -2.36. The molecule has 2 fully saturated rings. The van der Waals surface area contributed by atoms with E-state index in [1.165, 1.54) is 5.39 Å². The van der Waals surface area contributed by atoms with Crippen molar-refractivity contribution < 1.29 is 13.2 Å². The molecule has 0 atom stereocenters. The van der Waals surface area contributed by atoms with E-state index >= 15 is 0 Å². The SMILES string of the molecule is COc1cc2c(cc1N1CCN(S(=O)(=O)C3CC3)CC1)c1ccnc(C)c1n2C. The Balaban J connectivity index is 1.53. The number of nitrogens with zero attached hydrogens (tertiary/aromatic N) is 4. The van der Waals surface area contributed by atoms with Crippen molar-refractivity contribution in [2.75, 3.05) is 38.2 Å². The minimum Gasteiger partial charge on any atom is -0.495 e. The molecule has 3 aromatic rings. The quantitative estimate of drug-likeness (QED) is 0.657. The van der Waals surface area contributed by atoms with Gasteiger partial charge in [0, 0.05) is 56.3 Å². The number of benzene rings is 1. The molecule has 2 aliphatic rings. The van der Waals surface area contributed by atoms with Crippen LogP contribution >= 0.6 is 0 Å². The summed E-state index contributed by atoms with van der Waals surface area (Å²) in [5.74, 6) is 0.813. The number of fused-ring (bicyclic) bond motifs is 3. The van der Waals surface area contributed by atoms with Gasteiger partial charge in [-0.1, -0.05) is 0 Å². The number of hydrogen-bond acceptors (Lipinski definition) is 5. The van der Waals surface area contributed by atoms with Crippen LogP contribution in [0.15, 0.2) is 24.4 Å². The first kappa shape index (κ1) is 18.7. The molecule has 154 valence electrons. The van der Waals surface area contributed by atoms with Crippen molar-refractivity contribution in [3.8, 4) is 5.75 Å². The topological polar surface area (TPSA) is 67.7 Å². The number of ether oxygens (including phenoxy) is 1. The monoisotopic (exact) mass is 414 g/mol. The summed E-state index contributed by atoms with van der Waals surface area (Å²) in [6, 6.07) is 6.32. The van der Waals surface area contributed by atoms with Crippen molar-refractivity contribution in [2.24, 2.45) is 7.05 Å². The molecule has 1 aliphatic heterocycles. The van der Waals surface area contributed by atoms with Gasteiger partial charge in [-0.15, -0.1) is 0 Å². The minimum absolute atomic E-state index is 0.146. The van der Waals surface area contributed by atoms with Crippen molar-refractivity contribution >= 4 is 37.5 Å². The maximum atomic E-state index is 12.5. The van der Waals surface area contributed by atoms with Crippen LogP contribution in [-0.2, 0) is 17.1 Å². The number of aromatic nitrogens is 2. The van der Waals surface area contributed by atoms with Gasteiger partial charge in [0.2, 0.25) is 10.0 Å². The van der Waals surface area contributed by atoms with E-state index in [1.54, 1.807) is 11.4 Å². The molecule has 1 saturated heterocycles. The first-order chi connectivity index (χ1) is 13.9. The largest absolute Gasteiger partial charge is 0.495 e. The Kier molecular flexibility index (Phi) is 4.25. The number of rotatable bonds is 4. The van der Waals surface area contributed by atoms with Gasteiger partial charge >= 0.3 is 0 Å². The van der Waals surface area contributed by atoms with E-state index in [2.05, 4.69) is 39.7 Å². The highest BCUT2D eigenvalue weighted by Gasteiger charge is 2.41. The molecular formula is C21H26N4O3S. The third-order valence-electron chi connectivity index (χ3n) is 6.28. The van der Waals surface area contributed by atoms with E-state index in [0.717, 1.165) is 46.4 Å². The third kappa shape index (κ3) is 2.88. The number of pyridine rings is 1. The van der Waals surface area contributed by atoms with Crippen molar-refractivity contribution in [1.29, 1.82) is 0 Å². The zero-order chi connectivity index (χ0) is 20.3. The lowest BCUT2D eigenvalue weighted by atomic mass is 10.1. The summed E-state index contributed by atoms with van der Waals surface area (Å²) < 4.78 is 34.6. The van der Waals surface area contributed by atoms with E-state index < -0.39 is 10.0 Å². The zero-order valence-electron chi connectivity index (χ0n) is 17.1. The van der Waals surface area contributed by atoms with Crippen LogP contribution in [0.2, 0.25) is 0 Å². The fourth-order valence-corrected chi connectivity index (χ4v) is 6.37. The summed E-state index contributed by atoms with van der Waals surface area (Å²) in [7, 11) is 0.634. The van der Waals surface area contributed by atoms with Crippen LogP contribution in [0, 0.1) is 6.92 Å². The van der Waals surface area contributed by atoms with E-state index in [0.29, 0.717) is 26.2 Å². The van der Waals surface area contributed by atoms with Gasteiger partial charge in [0.15, 0.2) is 0 Å². The summed E-state index contributed by atoms with van der Waals surface area (Å²) in [6.45, 7) is 4.41. The maximum Gasteiger partial charge on any atom is 0.217 e. The summed E-state index contributed by atoms with van der Waals surface area (Å²) in [4.78, 5) is 6.68. The lowest BCUT2D eigenvalue weighted by Crippen LogP contribution is -2.49. The van der Waals surface area contributed by atoms with E-state index in [-0.39, 0.29) is 5.25 Å². The molecule has 1 saturated carbocycles. The second kappa shape index (κ2) is 6.60. The number of anilines is 1. The van der Waals surface area contributed by atoms with Crippen LogP contribution in [0.25, 0.3) is 21.8 Å². The van der Waals surface area contributed by atoms with E-state index in [4.69, 9.17) is 4.74 Å². The van der Waals surface area contributed by atoms with Crippen LogP contribution in [0.5, 0.6) is 5.75 Å². The first-order valence-electron chi connectivity index (χ1n) is 10.1. The van der Waals surface area contributed by atoms with Crippen LogP contribution in [0.4, 0.5) is 5.69 Å². The molecule has 29 heavy (non-hydrogen) atoms. The molecule has 5 rings (SSSR count). The smallest absolute Gasteiger partial charge is 0.217 e. The Morgan fingerprint density at radius 3 is 2.48 bits per heavy atom. The summed E-state index contributed by atoms with van der Waals surface area (Å²) in [5, 5.41) is 2.19. The molecule has 0 radical (unpaired) electrons. The van der Waals surface area contributed by atoms with Crippen molar-refractivity contribution in [1.82, 2.24) is 13.9 Å². The predicted molar refractivity (Wildman–Crippen MR) is 115 cm³/mol. The molecule has 1 aromatic carbocycles. The molecule has 2 aromatic heterocycles. The number of aryl methyl sites for hydroxylation is 2. The number of methoxy groups -OCH3 is 1. The van der Waals surface area contributed by atoms with Gasteiger partial charge in [-0.3, -0.25) is 4.98 Å². The molecule has 1 aliphatic carbocycles. The Morgan fingerprint density at radius 2 is 1.83 bits per heavy atom. The molecule has 0 amide bonds. The van der Waals surface area contributed by atoms with E-state index in [9.17, 15) is 8.42 Å². The zero-order valence-corrected chi connectivity index (χ0v) is 17.9. The third-order valence-corrected chi connectivity index (χ3v) is 8.67. The maximum absolute atomic E-state index is 12.5. The predicted octanol–water partition coefficient (Wildman–Crippen LogP) is 2.66. The highest BCUT2D eigenvalue weighted by atomic mass is 32.2. The van der Waals surface area contributed by atoms with Crippen LogP contribution in [0.1, 0.15) is 18.5 Å². The molecule has 0 N–H and O–H groups in total. The Labute approximate surface area is 170 Å². The average Bonchev–Trinajstić information content (AvgIpc) is 3.55. The Hall–Kier alpha value is -2.32. The molecule has 8 heteroatoms. The summed E-state index contributed by atoms with van der Waals surface area (Å²) in [6.07, 6.45) is 3.47. The highest BCUT2D eigenvalue weighted by Crippen LogP contribution is 2.39. The Morgan fingerprint density at radius 1 is 1.10 bits per heavy atom. The molecule has 0 spiro atoms. The van der Waals surface area contributed by atoms with Gasteiger partial charge in [-0.05, 0) is 31.9 Å². The fourth-order valence-electron chi connectivity index (χ4n) is 4.54. The van der Waals surface area contributed by atoms with Gasteiger partial charge in [-0.25, -0.2) is 8.42 Å². The van der Waals surface area contributed by atoms with Gasteiger partial charge in [0.1, 0.15) is 5.75 Å². The van der Waals surface area contributed by atoms with Gasteiger partial charge in [0.25, 0.3) is 0 Å². The van der Waals surface area contributed by atoms with Crippen molar-refractivity contribution in [2.45, 2.75) is 25.0 Å². The van der Waals surface area contributed by atoms with Gasteiger partial charge in [0.05, 0.1) is 34.8 Å². The number of sulfonamides is 1. The normalized spacial score (nSPS) is 18.7. The highest BCUT2D eigenvalue weighted by molar-refractivity contribution is 7.90. The van der Waals surface area contributed by atoms with Crippen molar-refractivity contribution in [3.63, 3.8) is 0 Å². The first-order valence-corrected chi connectivity index (χ1v) is 11.6. The minimum atomic E-state index is -3.11. The van der Waals surface area contributed by atoms with Crippen molar-refractivity contribution in [3.05, 3.63) is 30.1 Å². The molecule has 0 unspecified atom stereocenters. The molecule has 7 nitrogen and oxygen atoms in total. The standard InChI is InChI=1S/C21H26N4O3S/c1-14-21-16(6-7-22-14)17-12-19(20(28-3)13-18(17)23(21)2)24-8-10-25(11-9-24)29(26,27)15-4-5-15/h6-7,12-13,15H,4-5,8-11H2,1-3H3. The van der Waals surface area contributed by atoms with Crippen LogP contribution in [-0.4, -0.2) is 60.8 Å². The van der Waals surface area contributed by atoms with E-state index in [1.807, 2.05) is 13.1 Å². The lowest BCUT2D eigenvalue weighted by molar-refractivity contribution is 0.378. The summed E-state index contributed by atoms with van der Waals surface area (Å²) >= 11 is 0. The number of piperazine rings is 1. The summed E-state index contributed by atoms with van der Waals surface area (Å²) in [5.41, 5.74) is 4.25. The number of hydrogen-bond donors (Lipinski definition) is 0. The van der Waals surface area contributed by atoms with Crippen LogP contribution < -0.4 is 9.64 Å².